The molecule has 166 valence electrons. The minimum absolute atomic E-state index is 0.0564. The van der Waals surface area contributed by atoms with Crippen molar-refractivity contribution in [2.45, 2.75) is 26.3 Å². The molecule has 0 aliphatic carbocycles. The zero-order chi connectivity index (χ0) is 22.3. The van der Waals surface area contributed by atoms with E-state index in [1.165, 1.54) is 0 Å². The van der Waals surface area contributed by atoms with Gasteiger partial charge in [0.15, 0.2) is 5.82 Å². The van der Waals surface area contributed by atoms with Gasteiger partial charge in [-0.15, -0.1) is 0 Å². The Kier molecular flexibility index (Phi) is 7.14. The monoisotopic (exact) mass is 431 g/mol. The molecule has 1 N–H and O–H groups in total. The van der Waals surface area contributed by atoms with Gasteiger partial charge in [-0.05, 0) is 38.1 Å². The molecule has 1 aliphatic rings. The maximum absolute atomic E-state index is 12.7. The van der Waals surface area contributed by atoms with Gasteiger partial charge in [0.2, 0.25) is 5.91 Å². The van der Waals surface area contributed by atoms with Gasteiger partial charge >= 0.3 is 0 Å². The van der Waals surface area contributed by atoms with E-state index in [-0.39, 0.29) is 5.91 Å². The Labute approximate surface area is 188 Å². The highest BCUT2D eigenvalue weighted by molar-refractivity contribution is 5.90. The van der Waals surface area contributed by atoms with Gasteiger partial charge in [-0.1, -0.05) is 6.07 Å². The van der Waals surface area contributed by atoms with Crippen molar-refractivity contribution >= 4 is 11.7 Å². The van der Waals surface area contributed by atoms with Gasteiger partial charge < -0.3 is 10.2 Å². The zero-order valence-corrected chi connectivity index (χ0v) is 18.6. The second kappa shape index (κ2) is 10.4. The Morgan fingerprint density at radius 3 is 2.56 bits per heavy atom. The number of pyridine rings is 2. The number of hydrogen-bond acceptors (Lipinski definition) is 7. The summed E-state index contributed by atoms with van der Waals surface area (Å²) in [6, 6.07) is 11.7. The SMILES string of the molecule is CC(C)N1CCN(CCC(=O)Nc2cc(-c3cccnc3)nc(-c3ccccn3)n2)CC1. The van der Waals surface area contributed by atoms with Gasteiger partial charge in [-0.2, -0.15) is 0 Å². The largest absolute Gasteiger partial charge is 0.311 e. The van der Waals surface area contributed by atoms with Crippen molar-refractivity contribution in [1.29, 1.82) is 0 Å². The van der Waals surface area contributed by atoms with Gasteiger partial charge in [-0.25, -0.2) is 9.97 Å². The molecule has 0 saturated carbocycles. The molecular formula is C24H29N7O. The lowest BCUT2D eigenvalue weighted by molar-refractivity contribution is -0.116. The summed E-state index contributed by atoms with van der Waals surface area (Å²) >= 11 is 0. The molecule has 4 rings (SSSR count). The second-order valence-electron chi connectivity index (χ2n) is 8.19. The average molecular weight is 432 g/mol. The highest BCUT2D eigenvalue weighted by Gasteiger charge is 2.19. The molecule has 0 atom stereocenters. The Hall–Kier alpha value is -3.23. The van der Waals surface area contributed by atoms with Crippen molar-refractivity contribution in [3.05, 3.63) is 55.0 Å². The second-order valence-corrected chi connectivity index (χ2v) is 8.19. The first kappa shape index (κ1) is 22.0. The molecule has 8 heteroatoms. The molecule has 1 amide bonds. The lowest BCUT2D eigenvalue weighted by Crippen LogP contribution is -2.49. The van der Waals surface area contributed by atoms with Crippen LogP contribution in [0.4, 0.5) is 5.82 Å². The first-order chi connectivity index (χ1) is 15.6. The number of anilines is 1. The van der Waals surface area contributed by atoms with Crippen LogP contribution in [0.2, 0.25) is 0 Å². The third-order valence-electron chi connectivity index (χ3n) is 5.64. The fourth-order valence-corrected chi connectivity index (χ4v) is 3.75. The van der Waals surface area contributed by atoms with E-state index in [0.29, 0.717) is 35.5 Å². The first-order valence-electron chi connectivity index (χ1n) is 11.1. The lowest BCUT2D eigenvalue weighted by atomic mass is 10.2. The van der Waals surface area contributed by atoms with Crippen LogP contribution in [0.25, 0.3) is 22.8 Å². The maximum Gasteiger partial charge on any atom is 0.226 e. The summed E-state index contributed by atoms with van der Waals surface area (Å²) in [6.45, 7) is 9.28. The van der Waals surface area contributed by atoms with E-state index >= 15 is 0 Å². The molecule has 8 nitrogen and oxygen atoms in total. The molecular weight excluding hydrogens is 402 g/mol. The molecule has 1 fully saturated rings. The van der Waals surface area contributed by atoms with Crippen LogP contribution < -0.4 is 5.32 Å². The van der Waals surface area contributed by atoms with Crippen LogP contribution in [0.5, 0.6) is 0 Å². The van der Waals surface area contributed by atoms with Gasteiger partial charge in [-0.3, -0.25) is 19.7 Å². The Balaban J connectivity index is 1.45. The van der Waals surface area contributed by atoms with Crippen LogP contribution >= 0.6 is 0 Å². The molecule has 3 aromatic heterocycles. The van der Waals surface area contributed by atoms with Gasteiger partial charge in [0.05, 0.1) is 5.69 Å². The van der Waals surface area contributed by atoms with E-state index in [2.05, 4.69) is 48.9 Å². The fraction of sp³-hybridized carbons (Fsp3) is 0.375. The molecule has 1 saturated heterocycles. The van der Waals surface area contributed by atoms with Crippen molar-refractivity contribution < 1.29 is 4.79 Å². The van der Waals surface area contributed by atoms with Gasteiger partial charge in [0, 0.05) is 75.4 Å². The summed E-state index contributed by atoms with van der Waals surface area (Å²) in [4.78, 5) is 35.2. The predicted octanol–water partition coefficient (Wildman–Crippen LogP) is 2.96. The highest BCUT2D eigenvalue weighted by Crippen LogP contribution is 2.23. The van der Waals surface area contributed by atoms with Gasteiger partial charge in [0.25, 0.3) is 0 Å². The van der Waals surface area contributed by atoms with Crippen LogP contribution in [0.1, 0.15) is 20.3 Å². The van der Waals surface area contributed by atoms with Crippen molar-refractivity contribution in [2.75, 3.05) is 38.0 Å². The molecule has 32 heavy (non-hydrogen) atoms. The van der Waals surface area contributed by atoms with Crippen molar-refractivity contribution in [3.63, 3.8) is 0 Å². The fourth-order valence-electron chi connectivity index (χ4n) is 3.75. The smallest absolute Gasteiger partial charge is 0.226 e. The lowest BCUT2D eigenvalue weighted by Gasteiger charge is -2.36. The van der Waals surface area contributed by atoms with Crippen molar-refractivity contribution in [3.8, 4) is 22.8 Å². The third kappa shape index (κ3) is 5.72. The molecule has 3 aromatic rings. The van der Waals surface area contributed by atoms with Crippen LogP contribution in [0, 0.1) is 0 Å². The molecule has 0 bridgehead atoms. The standard InChI is InChI=1S/C24H29N7O/c1-18(2)31-14-12-30(13-15-31)11-8-23(32)28-22-16-21(19-6-5-9-25-17-19)27-24(29-22)20-7-3-4-10-26-20/h3-7,9-10,16-18H,8,11-15H2,1-2H3,(H,27,28,29,32). The molecule has 0 radical (unpaired) electrons. The minimum atomic E-state index is -0.0564. The van der Waals surface area contributed by atoms with Crippen molar-refractivity contribution in [1.82, 2.24) is 29.7 Å². The number of rotatable bonds is 7. The molecule has 0 unspecified atom stereocenters. The Morgan fingerprint density at radius 1 is 1.03 bits per heavy atom. The van der Waals surface area contributed by atoms with E-state index < -0.39 is 0 Å². The molecule has 4 heterocycles. The van der Waals surface area contributed by atoms with Crippen LogP contribution in [0.3, 0.4) is 0 Å². The van der Waals surface area contributed by atoms with Crippen molar-refractivity contribution in [2.24, 2.45) is 0 Å². The first-order valence-corrected chi connectivity index (χ1v) is 11.1. The third-order valence-corrected chi connectivity index (χ3v) is 5.64. The normalized spacial score (nSPS) is 15.1. The topological polar surface area (TPSA) is 87.1 Å². The molecule has 0 aromatic carbocycles. The number of nitrogens with one attached hydrogen (secondary N) is 1. The summed E-state index contributed by atoms with van der Waals surface area (Å²) in [5.74, 6) is 0.875. The summed E-state index contributed by atoms with van der Waals surface area (Å²) in [6.07, 6.45) is 5.58. The number of carbonyl (C=O) groups excluding carboxylic acids is 1. The summed E-state index contributed by atoms with van der Waals surface area (Å²) in [5.41, 5.74) is 2.19. The highest BCUT2D eigenvalue weighted by atomic mass is 16.1. The summed E-state index contributed by atoms with van der Waals surface area (Å²) < 4.78 is 0. The van der Waals surface area contributed by atoms with Crippen LogP contribution in [0.15, 0.2) is 55.0 Å². The van der Waals surface area contributed by atoms with E-state index in [1.54, 1.807) is 24.7 Å². The maximum atomic E-state index is 12.7. The Bertz CT molecular complexity index is 961. The number of hydrogen-bond donors (Lipinski definition) is 1. The quantitative estimate of drug-likeness (QED) is 0.615. The van der Waals surface area contributed by atoms with E-state index in [0.717, 1.165) is 38.3 Å². The minimum Gasteiger partial charge on any atom is -0.311 e. The van der Waals surface area contributed by atoms with Gasteiger partial charge in [0.1, 0.15) is 11.5 Å². The number of nitrogens with zero attached hydrogens (tertiary/aromatic N) is 6. The zero-order valence-electron chi connectivity index (χ0n) is 18.6. The predicted molar refractivity (Wildman–Crippen MR) is 125 cm³/mol. The Morgan fingerprint density at radius 2 is 1.88 bits per heavy atom. The number of piperazine rings is 1. The number of aromatic nitrogens is 4. The average Bonchev–Trinajstić information content (AvgIpc) is 2.84. The van der Waals surface area contributed by atoms with E-state index in [1.807, 2.05) is 30.3 Å². The number of amides is 1. The summed E-state index contributed by atoms with van der Waals surface area (Å²) in [7, 11) is 0. The summed E-state index contributed by atoms with van der Waals surface area (Å²) in [5, 5.41) is 2.95. The van der Waals surface area contributed by atoms with Crippen LogP contribution in [-0.2, 0) is 4.79 Å². The van der Waals surface area contributed by atoms with E-state index in [9.17, 15) is 4.79 Å². The van der Waals surface area contributed by atoms with E-state index in [4.69, 9.17) is 0 Å². The molecule has 1 aliphatic heterocycles. The van der Waals surface area contributed by atoms with Crippen LogP contribution in [-0.4, -0.2) is 74.4 Å². The molecule has 0 spiro atoms. The number of carbonyl (C=O) groups is 1.